The van der Waals surface area contributed by atoms with Crippen LogP contribution in [0.4, 0.5) is 19.0 Å². The quantitative estimate of drug-likeness (QED) is 0.646. The normalized spacial score (nSPS) is 21.4. The molecule has 0 aliphatic carbocycles. The van der Waals surface area contributed by atoms with Gasteiger partial charge in [-0.05, 0) is 25.8 Å². The number of hydrogen-bond donors (Lipinski definition) is 0. The number of anilines is 1. The Hall–Kier alpha value is -2.88. The zero-order valence-electron chi connectivity index (χ0n) is 16.3. The molecule has 3 aromatic heterocycles. The molecular weight excluding hydrogens is 399 g/mol. The van der Waals surface area contributed by atoms with E-state index in [2.05, 4.69) is 20.0 Å². The highest BCUT2D eigenvalue weighted by atomic mass is 19.4. The summed E-state index contributed by atoms with van der Waals surface area (Å²) in [6, 6.07) is 6.72. The van der Waals surface area contributed by atoms with Gasteiger partial charge in [0.2, 0.25) is 0 Å². The Kier molecular flexibility index (Phi) is 4.53. The van der Waals surface area contributed by atoms with E-state index >= 15 is 0 Å². The van der Waals surface area contributed by atoms with Crippen molar-refractivity contribution in [2.45, 2.75) is 44.6 Å². The van der Waals surface area contributed by atoms with Crippen molar-refractivity contribution >= 4 is 11.5 Å². The van der Waals surface area contributed by atoms with E-state index in [9.17, 15) is 13.2 Å². The molecule has 3 aromatic rings. The molecule has 2 unspecified atom stereocenters. The van der Waals surface area contributed by atoms with Gasteiger partial charge in [-0.3, -0.25) is 4.98 Å². The number of halogens is 3. The SMILES string of the molecule is Cc1cc(N2C3CCC2COC3)n2nc(COc3ccnc(C(F)(F)F)c3)cc2n1. The number of rotatable bonds is 4. The second-order valence-corrected chi connectivity index (χ2v) is 7.65. The lowest BCUT2D eigenvalue weighted by Crippen LogP contribution is -2.46. The lowest BCUT2D eigenvalue weighted by Gasteiger charge is -2.36. The highest BCUT2D eigenvalue weighted by molar-refractivity contribution is 5.54. The summed E-state index contributed by atoms with van der Waals surface area (Å²) in [5, 5.41) is 4.62. The molecule has 0 spiro atoms. The Balaban J connectivity index is 1.42. The predicted molar refractivity (Wildman–Crippen MR) is 101 cm³/mol. The molecule has 10 heteroatoms. The van der Waals surface area contributed by atoms with Crippen LogP contribution in [0.25, 0.3) is 5.65 Å². The first-order chi connectivity index (χ1) is 14.4. The van der Waals surface area contributed by atoms with Gasteiger partial charge >= 0.3 is 6.18 Å². The summed E-state index contributed by atoms with van der Waals surface area (Å²) in [7, 11) is 0. The Morgan fingerprint density at radius 1 is 1.17 bits per heavy atom. The number of fused-ring (bicyclic) bond motifs is 3. The zero-order valence-corrected chi connectivity index (χ0v) is 16.3. The first kappa shape index (κ1) is 19.1. The average Bonchev–Trinajstić information content (AvgIpc) is 3.22. The van der Waals surface area contributed by atoms with Crippen molar-refractivity contribution in [2.75, 3.05) is 18.1 Å². The van der Waals surface area contributed by atoms with Crippen LogP contribution in [0.1, 0.15) is 29.9 Å². The average molecular weight is 419 g/mol. The van der Waals surface area contributed by atoms with Gasteiger partial charge in [-0.2, -0.15) is 22.8 Å². The summed E-state index contributed by atoms with van der Waals surface area (Å²) in [6.07, 6.45) is -1.28. The number of pyridine rings is 1. The predicted octanol–water partition coefficient (Wildman–Crippen LogP) is 3.40. The number of nitrogens with zero attached hydrogens (tertiary/aromatic N) is 5. The minimum atomic E-state index is -4.52. The molecule has 2 aliphatic heterocycles. The summed E-state index contributed by atoms with van der Waals surface area (Å²) in [5.74, 6) is 1.05. The fraction of sp³-hybridized carbons (Fsp3) is 0.450. The van der Waals surface area contributed by atoms with E-state index in [1.165, 1.54) is 6.07 Å². The largest absolute Gasteiger partial charge is 0.487 e. The molecule has 2 saturated heterocycles. The van der Waals surface area contributed by atoms with Crippen molar-refractivity contribution in [3.63, 3.8) is 0 Å². The minimum Gasteiger partial charge on any atom is -0.487 e. The van der Waals surface area contributed by atoms with Crippen LogP contribution in [0.15, 0.2) is 30.5 Å². The molecule has 2 fully saturated rings. The number of aromatic nitrogens is 4. The second-order valence-electron chi connectivity index (χ2n) is 7.65. The summed E-state index contributed by atoms with van der Waals surface area (Å²) in [5.41, 5.74) is 1.15. The smallest absolute Gasteiger partial charge is 0.433 e. The third kappa shape index (κ3) is 3.45. The topological polar surface area (TPSA) is 64.8 Å². The monoisotopic (exact) mass is 419 g/mol. The molecule has 5 rings (SSSR count). The summed E-state index contributed by atoms with van der Waals surface area (Å²) >= 11 is 0. The molecule has 2 atom stereocenters. The highest BCUT2D eigenvalue weighted by Crippen LogP contribution is 2.34. The number of alkyl halides is 3. The van der Waals surface area contributed by atoms with Gasteiger partial charge in [0, 0.05) is 30.1 Å². The van der Waals surface area contributed by atoms with Crippen molar-refractivity contribution < 1.29 is 22.6 Å². The van der Waals surface area contributed by atoms with Crippen molar-refractivity contribution in [3.05, 3.63) is 47.5 Å². The van der Waals surface area contributed by atoms with Gasteiger partial charge in [-0.15, -0.1) is 0 Å². The van der Waals surface area contributed by atoms with Crippen LogP contribution >= 0.6 is 0 Å². The Morgan fingerprint density at radius 3 is 2.67 bits per heavy atom. The second kappa shape index (κ2) is 7.12. The molecule has 5 heterocycles. The van der Waals surface area contributed by atoms with Gasteiger partial charge in [0.15, 0.2) is 5.65 Å². The molecule has 158 valence electrons. The summed E-state index contributed by atoms with van der Waals surface area (Å²) < 4.78 is 51.6. The maximum absolute atomic E-state index is 12.8. The van der Waals surface area contributed by atoms with E-state index < -0.39 is 11.9 Å². The first-order valence-electron chi connectivity index (χ1n) is 9.77. The van der Waals surface area contributed by atoms with E-state index in [1.54, 1.807) is 10.6 Å². The summed E-state index contributed by atoms with van der Waals surface area (Å²) in [6.45, 7) is 3.35. The number of aryl methyl sites for hydroxylation is 1. The molecule has 30 heavy (non-hydrogen) atoms. The molecule has 0 aromatic carbocycles. The van der Waals surface area contributed by atoms with Gasteiger partial charge in [-0.1, -0.05) is 0 Å². The van der Waals surface area contributed by atoms with Gasteiger partial charge in [-0.25, -0.2) is 4.98 Å². The minimum absolute atomic E-state index is 0.0269. The van der Waals surface area contributed by atoms with Crippen molar-refractivity contribution in [3.8, 4) is 5.75 Å². The van der Waals surface area contributed by atoms with Crippen LogP contribution in [0.2, 0.25) is 0 Å². The van der Waals surface area contributed by atoms with Crippen LogP contribution in [0, 0.1) is 6.92 Å². The molecule has 7 nitrogen and oxygen atoms in total. The van der Waals surface area contributed by atoms with Gasteiger partial charge < -0.3 is 14.4 Å². The van der Waals surface area contributed by atoms with Crippen LogP contribution in [0.5, 0.6) is 5.75 Å². The molecule has 0 N–H and O–H groups in total. The van der Waals surface area contributed by atoms with Crippen LogP contribution in [-0.4, -0.2) is 44.9 Å². The van der Waals surface area contributed by atoms with Crippen LogP contribution < -0.4 is 9.64 Å². The Labute approximate surface area is 170 Å². The molecule has 2 bridgehead atoms. The Morgan fingerprint density at radius 2 is 1.93 bits per heavy atom. The van der Waals surface area contributed by atoms with E-state index in [0.717, 1.165) is 36.6 Å². The van der Waals surface area contributed by atoms with E-state index in [1.807, 2.05) is 13.0 Å². The van der Waals surface area contributed by atoms with Gasteiger partial charge in [0.25, 0.3) is 0 Å². The van der Waals surface area contributed by atoms with E-state index in [0.29, 0.717) is 36.6 Å². The third-order valence-corrected chi connectivity index (χ3v) is 5.50. The highest BCUT2D eigenvalue weighted by Gasteiger charge is 2.39. The van der Waals surface area contributed by atoms with Crippen molar-refractivity contribution in [2.24, 2.45) is 0 Å². The molecule has 0 saturated carbocycles. The summed E-state index contributed by atoms with van der Waals surface area (Å²) in [4.78, 5) is 10.3. The van der Waals surface area contributed by atoms with Gasteiger partial charge in [0.05, 0.1) is 25.3 Å². The van der Waals surface area contributed by atoms with Crippen molar-refractivity contribution in [1.29, 1.82) is 0 Å². The maximum atomic E-state index is 12.8. The molecule has 0 amide bonds. The van der Waals surface area contributed by atoms with Crippen LogP contribution in [0.3, 0.4) is 0 Å². The molecule has 2 aliphatic rings. The third-order valence-electron chi connectivity index (χ3n) is 5.50. The maximum Gasteiger partial charge on any atom is 0.433 e. The fourth-order valence-corrected chi connectivity index (χ4v) is 4.20. The zero-order chi connectivity index (χ0) is 20.9. The van der Waals surface area contributed by atoms with E-state index in [-0.39, 0.29) is 12.4 Å². The first-order valence-corrected chi connectivity index (χ1v) is 9.77. The van der Waals surface area contributed by atoms with E-state index in [4.69, 9.17) is 9.47 Å². The lowest BCUT2D eigenvalue weighted by molar-refractivity contribution is -0.141. The molecular formula is C20H20F3N5O2. The Bertz CT molecular complexity index is 1070. The van der Waals surface area contributed by atoms with Crippen molar-refractivity contribution in [1.82, 2.24) is 19.6 Å². The number of morpholine rings is 1. The van der Waals surface area contributed by atoms with Gasteiger partial charge in [0.1, 0.15) is 29.6 Å². The fourth-order valence-electron chi connectivity index (χ4n) is 4.20. The lowest BCUT2D eigenvalue weighted by atomic mass is 10.2. The number of hydrogen-bond acceptors (Lipinski definition) is 6. The number of ether oxygens (including phenoxy) is 2. The van der Waals surface area contributed by atoms with Crippen LogP contribution in [-0.2, 0) is 17.5 Å². The molecule has 0 radical (unpaired) electrons. The standard InChI is InChI=1S/C20H20F3N5O2/c1-12-6-19(27-14-2-3-15(27)11-29-10-14)28-18(25-12)7-13(26-28)9-30-16-4-5-24-17(8-16)20(21,22)23/h4-8,14-15H,2-3,9-11H2,1H3.